The maximum atomic E-state index is 10.8. The van der Waals surface area contributed by atoms with Crippen LogP contribution in [-0.4, -0.2) is 19.2 Å². The van der Waals surface area contributed by atoms with Crippen LogP contribution in [0.4, 0.5) is 0 Å². The van der Waals surface area contributed by atoms with Crippen LogP contribution in [0, 0.1) is 0 Å². The molecular weight excluding hydrogens is 225 g/mol. The summed E-state index contributed by atoms with van der Waals surface area (Å²) >= 11 is 0. The third-order valence-corrected chi connectivity index (χ3v) is 1.62. The van der Waals surface area contributed by atoms with Gasteiger partial charge in [0.1, 0.15) is 0 Å². The van der Waals surface area contributed by atoms with Crippen LogP contribution >= 0.6 is 7.82 Å². The van der Waals surface area contributed by atoms with Crippen LogP contribution in [0.3, 0.4) is 0 Å². The maximum absolute atomic E-state index is 10.8. The molecule has 0 atom stereocenters. The maximum Gasteiger partial charge on any atom is 1.00 e. The molecular formula is C7H11Li2O6P. The quantitative estimate of drug-likeness (QED) is 0.149. The minimum Gasteiger partial charge on any atom is -0.790 e. The Balaban J connectivity index is -0.000000845. The molecule has 82 valence electrons. The van der Waals surface area contributed by atoms with E-state index in [1.165, 1.54) is 6.92 Å². The fraction of sp³-hybridized carbons (Fsp3) is 0.571. The normalized spacial score (nSPS) is 9.69. The molecule has 9 heteroatoms. The first-order valence-electron chi connectivity index (χ1n) is 3.82. The first kappa shape index (κ1) is 21.8. The summed E-state index contributed by atoms with van der Waals surface area (Å²) in [7, 11) is -4.91. The molecule has 0 saturated heterocycles. The Kier molecular flexibility index (Phi) is 14.5. The van der Waals surface area contributed by atoms with Gasteiger partial charge in [0.15, 0.2) is 0 Å². The summed E-state index contributed by atoms with van der Waals surface area (Å²) in [5.74, 6) is -0.558. The fourth-order valence-corrected chi connectivity index (χ4v) is 0.876. The van der Waals surface area contributed by atoms with Crippen LogP contribution in [0.2, 0.25) is 0 Å². The predicted octanol–water partition coefficient (Wildman–Crippen LogP) is -6.65. The SMILES string of the molecule is C=C(C)C(=O)OCCCOP(=O)([O-])[O-].[Li+].[Li+]. The second-order valence-electron chi connectivity index (χ2n) is 2.55. The van der Waals surface area contributed by atoms with E-state index in [1.807, 2.05) is 0 Å². The molecule has 0 aromatic heterocycles. The molecule has 0 rings (SSSR count). The van der Waals surface area contributed by atoms with Crippen LogP contribution in [0.25, 0.3) is 0 Å². The van der Waals surface area contributed by atoms with E-state index >= 15 is 0 Å². The molecule has 0 spiro atoms. The molecule has 0 radical (unpaired) electrons. The van der Waals surface area contributed by atoms with Gasteiger partial charge in [-0.05, 0) is 6.92 Å². The predicted molar refractivity (Wildman–Crippen MR) is 43.9 cm³/mol. The minimum absolute atomic E-state index is 0. The molecule has 0 N–H and O–H groups in total. The van der Waals surface area contributed by atoms with Gasteiger partial charge >= 0.3 is 43.7 Å². The zero-order valence-corrected chi connectivity index (χ0v) is 10.6. The largest absolute Gasteiger partial charge is 1.00 e. The summed E-state index contributed by atoms with van der Waals surface area (Å²) in [5, 5.41) is 0. The number of hydrogen-bond acceptors (Lipinski definition) is 6. The molecule has 0 aliphatic heterocycles. The first-order valence-corrected chi connectivity index (χ1v) is 5.28. The minimum atomic E-state index is -4.91. The summed E-state index contributed by atoms with van der Waals surface area (Å²) in [6.07, 6.45) is 0.146. The van der Waals surface area contributed by atoms with E-state index in [4.69, 9.17) is 0 Å². The molecule has 6 nitrogen and oxygen atoms in total. The van der Waals surface area contributed by atoms with Crippen LogP contribution in [0.5, 0.6) is 0 Å². The number of carbonyl (C=O) groups excluding carboxylic acids is 1. The number of hydrogen-bond donors (Lipinski definition) is 0. The van der Waals surface area contributed by atoms with Crippen molar-refractivity contribution in [3.8, 4) is 0 Å². The fourth-order valence-electron chi connectivity index (χ4n) is 0.523. The molecule has 0 unspecified atom stereocenters. The van der Waals surface area contributed by atoms with Crippen molar-refractivity contribution in [1.29, 1.82) is 0 Å². The van der Waals surface area contributed by atoms with Gasteiger partial charge in [-0.15, -0.1) is 0 Å². The van der Waals surface area contributed by atoms with E-state index in [1.54, 1.807) is 0 Å². The summed E-state index contributed by atoms with van der Waals surface area (Å²) in [6, 6.07) is 0. The van der Waals surface area contributed by atoms with Gasteiger partial charge in [0.05, 0.1) is 21.0 Å². The molecule has 0 aliphatic rings. The van der Waals surface area contributed by atoms with E-state index < -0.39 is 13.8 Å². The van der Waals surface area contributed by atoms with Crippen LogP contribution in [0.1, 0.15) is 13.3 Å². The molecule has 0 heterocycles. The Labute approximate surface area is 118 Å². The monoisotopic (exact) mass is 236 g/mol. The number of carbonyl (C=O) groups is 1. The van der Waals surface area contributed by atoms with Gasteiger partial charge in [0.25, 0.3) is 0 Å². The van der Waals surface area contributed by atoms with E-state index in [0.717, 1.165) is 0 Å². The Hall–Kier alpha value is 0.515. The van der Waals surface area contributed by atoms with Crippen LogP contribution in [0.15, 0.2) is 12.2 Å². The third-order valence-electron chi connectivity index (χ3n) is 1.12. The summed E-state index contributed by atoms with van der Waals surface area (Å²) in [4.78, 5) is 30.7. The van der Waals surface area contributed by atoms with Gasteiger partial charge in [-0.2, -0.15) is 0 Å². The van der Waals surface area contributed by atoms with Crippen molar-refractivity contribution in [1.82, 2.24) is 0 Å². The zero-order chi connectivity index (χ0) is 11.2. The van der Waals surface area contributed by atoms with Gasteiger partial charge in [0.2, 0.25) is 0 Å². The molecule has 0 aromatic carbocycles. The van der Waals surface area contributed by atoms with E-state index in [9.17, 15) is 19.1 Å². The summed E-state index contributed by atoms with van der Waals surface area (Å²) in [5.41, 5.74) is 0.254. The standard InChI is InChI=1S/C7H13O6P.2Li/c1-6(2)7(8)12-4-3-5-13-14(9,10)11;;/h1,3-5H2,2H3,(H2,9,10,11);;/q;2*+1/p-2. The van der Waals surface area contributed by atoms with Crippen molar-refractivity contribution in [3.63, 3.8) is 0 Å². The Bertz CT molecular complexity index is 264. The van der Waals surface area contributed by atoms with Crippen molar-refractivity contribution in [3.05, 3.63) is 12.2 Å². The second-order valence-corrected chi connectivity index (χ2v) is 3.70. The Morgan fingerprint density at radius 1 is 1.31 bits per heavy atom. The number of phosphoric acid groups is 1. The number of ether oxygens (including phenoxy) is 1. The van der Waals surface area contributed by atoms with Crippen molar-refractivity contribution in [2.75, 3.05) is 13.2 Å². The number of rotatable bonds is 6. The van der Waals surface area contributed by atoms with E-state index in [2.05, 4.69) is 15.8 Å². The van der Waals surface area contributed by atoms with Gasteiger partial charge in [-0.3, -0.25) is 0 Å². The first-order chi connectivity index (χ1) is 6.33. The smallest absolute Gasteiger partial charge is 0.790 e. The van der Waals surface area contributed by atoms with Crippen molar-refractivity contribution < 1.29 is 66.1 Å². The average Bonchev–Trinajstić information content (AvgIpc) is 2.01. The number of phosphoric ester groups is 1. The van der Waals surface area contributed by atoms with Gasteiger partial charge < -0.3 is 23.6 Å². The molecule has 0 aliphatic carbocycles. The van der Waals surface area contributed by atoms with E-state index in [0.29, 0.717) is 0 Å². The van der Waals surface area contributed by atoms with Gasteiger partial charge in [-0.1, -0.05) is 6.58 Å². The Morgan fingerprint density at radius 2 is 1.81 bits per heavy atom. The third kappa shape index (κ3) is 14.5. The van der Waals surface area contributed by atoms with Gasteiger partial charge in [-0.25, -0.2) is 4.79 Å². The van der Waals surface area contributed by atoms with Crippen molar-refractivity contribution in [2.45, 2.75) is 13.3 Å². The number of esters is 1. The molecule has 16 heavy (non-hydrogen) atoms. The molecule has 0 saturated carbocycles. The molecule has 0 fully saturated rings. The topological polar surface area (TPSA) is 98.7 Å². The van der Waals surface area contributed by atoms with Gasteiger partial charge in [0, 0.05) is 12.0 Å². The summed E-state index contributed by atoms with van der Waals surface area (Å²) in [6.45, 7) is 4.54. The van der Waals surface area contributed by atoms with E-state index in [-0.39, 0.29) is 62.9 Å². The molecule has 0 aromatic rings. The molecule has 0 bridgehead atoms. The van der Waals surface area contributed by atoms with Crippen LogP contribution in [-0.2, 0) is 18.6 Å². The summed E-state index contributed by atoms with van der Waals surface area (Å²) < 4.78 is 18.5. The zero-order valence-electron chi connectivity index (χ0n) is 9.73. The molecule has 0 amide bonds. The Morgan fingerprint density at radius 3 is 2.19 bits per heavy atom. The van der Waals surface area contributed by atoms with Crippen LogP contribution < -0.4 is 47.5 Å². The van der Waals surface area contributed by atoms with Crippen molar-refractivity contribution in [2.24, 2.45) is 0 Å². The van der Waals surface area contributed by atoms with Crippen molar-refractivity contribution >= 4 is 13.8 Å². The second kappa shape index (κ2) is 10.7. The average molecular weight is 236 g/mol.